The van der Waals surface area contributed by atoms with Crippen molar-refractivity contribution in [2.45, 2.75) is 60.8 Å². The minimum absolute atomic E-state index is 0.208. The molecule has 0 fully saturated rings. The molecule has 0 saturated carbocycles. The summed E-state index contributed by atoms with van der Waals surface area (Å²) in [5, 5.41) is 8.65. The fraction of sp³-hybridized carbons (Fsp3) is 0.364. The molecule has 1 aromatic heterocycles. The van der Waals surface area contributed by atoms with E-state index >= 15 is 0 Å². The van der Waals surface area contributed by atoms with Crippen molar-refractivity contribution in [2.75, 3.05) is 0 Å². The van der Waals surface area contributed by atoms with Gasteiger partial charge in [-0.1, -0.05) is 58.9 Å². The highest BCUT2D eigenvalue weighted by molar-refractivity contribution is 8.00. The van der Waals surface area contributed by atoms with Crippen LogP contribution in [0.3, 0.4) is 0 Å². The third kappa shape index (κ3) is 5.88. The lowest BCUT2D eigenvalue weighted by atomic mass is 10.2. The van der Waals surface area contributed by atoms with Crippen LogP contribution in [0.25, 0.3) is 16.9 Å². The van der Waals surface area contributed by atoms with Gasteiger partial charge >= 0.3 is 0 Å². The van der Waals surface area contributed by atoms with Gasteiger partial charge in [-0.3, -0.25) is 0 Å². The predicted molar refractivity (Wildman–Crippen MR) is 118 cm³/mol. The van der Waals surface area contributed by atoms with Gasteiger partial charge in [-0.25, -0.2) is 4.68 Å². The molecule has 0 aliphatic rings. The highest BCUT2D eigenvalue weighted by Crippen LogP contribution is 2.33. The largest absolute Gasteiger partial charge is 0.220 e. The molecular weight excluding hydrogens is 370 g/mol. The summed E-state index contributed by atoms with van der Waals surface area (Å²) >= 11 is 3.73. The van der Waals surface area contributed by atoms with Crippen molar-refractivity contribution in [3.8, 4) is 16.9 Å². The van der Waals surface area contributed by atoms with Gasteiger partial charge in [0, 0.05) is 24.8 Å². The summed E-state index contributed by atoms with van der Waals surface area (Å²) in [5.74, 6) is 0. The summed E-state index contributed by atoms with van der Waals surface area (Å²) in [6.45, 7) is 13.3. The van der Waals surface area contributed by atoms with Gasteiger partial charge in [0.1, 0.15) is 5.69 Å². The molecule has 0 aliphatic carbocycles. The van der Waals surface area contributed by atoms with Gasteiger partial charge in [-0.2, -0.15) is 0 Å². The maximum atomic E-state index is 4.35. The van der Waals surface area contributed by atoms with Crippen LogP contribution in [-0.2, 0) is 0 Å². The quantitative estimate of drug-likeness (QED) is 0.457. The molecule has 3 nitrogen and oxygen atoms in total. The van der Waals surface area contributed by atoms with Crippen molar-refractivity contribution < 1.29 is 0 Å². The Morgan fingerprint density at radius 3 is 1.67 bits per heavy atom. The number of benzene rings is 2. The molecule has 0 aliphatic heterocycles. The van der Waals surface area contributed by atoms with E-state index in [9.17, 15) is 0 Å². The SMILES string of the molecule is CC(C)(C)Sc1ccc(-c2cn(-c3ccc(SC(C)(C)C)cc3)nn2)cc1. The highest BCUT2D eigenvalue weighted by Gasteiger charge is 2.13. The summed E-state index contributed by atoms with van der Waals surface area (Å²) in [7, 11) is 0. The van der Waals surface area contributed by atoms with Gasteiger partial charge in [0.25, 0.3) is 0 Å². The van der Waals surface area contributed by atoms with Crippen molar-refractivity contribution in [2.24, 2.45) is 0 Å². The molecule has 0 spiro atoms. The fourth-order valence-corrected chi connectivity index (χ4v) is 4.55. The standard InChI is InChI=1S/C22H27N3S2/c1-21(2,3)26-18-11-7-16(8-12-18)20-15-25(24-23-20)17-9-13-19(14-10-17)27-22(4,5)6/h7-15H,1-6H3. The van der Waals surface area contributed by atoms with Crippen molar-refractivity contribution in [1.82, 2.24) is 15.0 Å². The van der Waals surface area contributed by atoms with E-state index in [-0.39, 0.29) is 9.49 Å². The third-order valence-electron chi connectivity index (χ3n) is 3.59. The van der Waals surface area contributed by atoms with Crippen molar-refractivity contribution >= 4 is 23.5 Å². The Labute approximate surface area is 171 Å². The van der Waals surface area contributed by atoms with Crippen LogP contribution < -0.4 is 0 Å². The van der Waals surface area contributed by atoms with Gasteiger partial charge in [-0.05, 0) is 36.4 Å². The summed E-state index contributed by atoms with van der Waals surface area (Å²) in [6.07, 6.45) is 1.98. The van der Waals surface area contributed by atoms with Crippen LogP contribution in [0.1, 0.15) is 41.5 Å². The number of nitrogens with zero attached hydrogens (tertiary/aromatic N) is 3. The topological polar surface area (TPSA) is 30.7 Å². The zero-order valence-corrected chi connectivity index (χ0v) is 18.5. The van der Waals surface area contributed by atoms with Crippen LogP contribution in [0, 0.1) is 0 Å². The average molecular weight is 398 g/mol. The lowest BCUT2D eigenvalue weighted by Crippen LogP contribution is -2.06. The molecule has 3 rings (SSSR count). The number of hydrogen-bond donors (Lipinski definition) is 0. The van der Waals surface area contributed by atoms with Gasteiger partial charge in [0.15, 0.2) is 0 Å². The van der Waals surface area contributed by atoms with Crippen LogP contribution >= 0.6 is 23.5 Å². The van der Waals surface area contributed by atoms with E-state index in [1.165, 1.54) is 9.79 Å². The summed E-state index contributed by atoms with van der Waals surface area (Å²) in [6, 6.07) is 17.0. The maximum absolute atomic E-state index is 4.35. The number of hydrogen-bond acceptors (Lipinski definition) is 4. The molecule has 27 heavy (non-hydrogen) atoms. The Kier molecular flexibility index (Phi) is 5.73. The fourth-order valence-electron chi connectivity index (χ4n) is 2.59. The second-order valence-corrected chi connectivity index (χ2v) is 12.3. The van der Waals surface area contributed by atoms with E-state index in [0.29, 0.717) is 0 Å². The van der Waals surface area contributed by atoms with Crippen molar-refractivity contribution in [1.29, 1.82) is 0 Å². The summed E-state index contributed by atoms with van der Waals surface area (Å²) in [4.78, 5) is 2.53. The highest BCUT2D eigenvalue weighted by atomic mass is 32.2. The van der Waals surface area contributed by atoms with Gasteiger partial charge in [0.05, 0.1) is 11.9 Å². The Hall–Kier alpha value is -1.72. The van der Waals surface area contributed by atoms with Crippen LogP contribution in [0.15, 0.2) is 64.5 Å². The second-order valence-electron chi connectivity index (χ2n) is 8.50. The molecule has 0 amide bonds. The maximum Gasteiger partial charge on any atom is 0.113 e. The Bertz CT molecular complexity index is 809. The molecule has 0 radical (unpaired) electrons. The Morgan fingerprint density at radius 2 is 1.19 bits per heavy atom. The molecule has 0 bridgehead atoms. The zero-order valence-electron chi connectivity index (χ0n) is 16.9. The molecule has 0 saturated heterocycles. The van der Waals surface area contributed by atoms with E-state index in [1.54, 1.807) is 0 Å². The van der Waals surface area contributed by atoms with Crippen molar-refractivity contribution in [3.63, 3.8) is 0 Å². The molecule has 5 heteroatoms. The van der Waals surface area contributed by atoms with Gasteiger partial charge < -0.3 is 0 Å². The molecule has 1 heterocycles. The molecule has 142 valence electrons. The first-order valence-electron chi connectivity index (χ1n) is 9.10. The van der Waals surface area contributed by atoms with E-state index in [1.807, 2.05) is 34.4 Å². The number of rotatable bonds is 4. The zero-order chi connectivity index (χ0) is 19.7. The average Bonchev–Trinajstić information content (AvgIpc) is 3.03. The third-order valence-corrected chi connectivity index (χ3v) is 5.83. The van der Waals surface area contributed by atoms with E-state index < -0.39 is 0 Å². The molecular formula is C22H27N3S2. The smallest absolute Gasteiger partial charge is 0.113 e. The number of thioether (sulfide) groups is 2. The molecule has 0 atom stereocenters. The first kappa shape index (κ1) is 20.0. The first-order chi connectivity index (χ1) is 12.6. The van der Waals surface area contributed by atoms with Gasteiger partial charge in [-0.15, -0.1) is 28.6 Å². The molecule has 2 aromatic carbocycles. The summed E-state index contributed by atoms with van der Waals surface area (Å²) < 4.78 is 2.25. The monoisotopic (exact) mass is 397 g/mol. The van der Waals surface area contributed by atoms with Crippen molar-refractivity contribution in [3.05, 3.63) is 54.7 Å². The minimum atomic E-state index is 0.208. The predicted octanol–water partition coefficient (Wildman–Crippen LogP) is 6.72. The van der Waals surface area contributed by atoms with E-state index in [0.717, 1.165) is 16.9 Å². The van der Waals surface area contributed by atoms with Gasteiger partial charge in [0.2, 0.25) is 0 Å². The second kappa shape index (κ2) is 7.72. The summed E-state index contributed by atoms with van der Waals surface area (Å²) in [5.41, 5.74) is 2.99. The minimum Gasteiger partial charge on any atom is -0.220 e. The molecule has 0 unspecified atom stereocenters. The Balaban J connectivity index is 1.75. The van der Waals surface area contributed by atoms with Crippen LogP contribution in [-0.4, -0.2) is 24.5 Å². The van der Waals surface area contributed by atoms with Crippen LogP contribution in [0.4, 0.5) is 0 Å². The normalized spacial score (nSPS) is 12.4. The first-order valence-corrected chi connectivity index (χ1v) is 10.7. The number of aromatic nitrogens is 3. The molecule has 3 aromatic rings. The Morgan fingerprint density at radius 1 is 0.704 bits per heavy atom. The van der Waals surface area contributed by atoms with E-state index in [4.69, 9.17) is 0 Å². The lowest BCUT2D eigenvalue weighted by Gasteiger charge is -2.17. The van der Waals surface area contributed by atoms with Crippen LogP contribution in [0.2, 0.25) is 0 Å². The van der Waals surface area contributed by atoms with E-state index in [2.05, 4.69) is 100 Å². The molecule has 0 N–H and O–H groups in total. The lowest BCUT2D eigenvalue weighted by molar-refractivity contribution is 0.799. The van der Waals surface area contributed by atoms with Crippen LogP contribution in [0.5, 0.6) is 0 Å².